The lowest BCUT2D eigenvalue weighted by Crippen LogP contribution is -2.45. The molecule has 1 unspecified atom stereocenters. The number of ether oxygens (including phenoxy) is 2. The van der Waals surface area contributed by atoms with Gasteiger partial charge in [-0.1, -0.05) is 40.7 Å². The fourth-order valence-electron chi connectivity index (χ4n) is 5.08. The highest BCUT2D eigenvalue weighted by Crippen LogP contribution is 2.45. The molecule has 8 heteroatoms. The van der Waals surface area contributed by atoms with Crippen molar-refractivity contribution in [2.75, 3.05) is 0 Å². The van der Waals surface area contributed by atoms with Crippen molar-refractivity contribution in [2.24, 2.45) is 17.3 Å². The van der Waals surface area contributed by atoms with E-state index < -0.39 is 35.6 Å². The second kappa shape index (κ2) is 11.3. The third-order valence-corrected chi connectivity index (χ3v) is 8.86. The number of fused-ring (bicyclic) bond motifs is 1. The minimum Gasteiger partial charge on any atom is -0.458 e. The highest BCUT2D eigenvalue weighted by Gasteiger charge is 2.53. The number of carbonyl (C=O) groups excluding carboxylic acids is 2. The van der Waals surface area contributed by atoms with E-state index in [0.717, 1.165) is 35.5 Å². The van der Waals surface area contributed by atoms with Crippen molar-refractivity contribution in [2.45, 2.75) is 104 Å². The molecule has 2 saturated heterocycles. The van der Waals surface area contributed by atoms with Gasteiger partial charge in [-0.2, -0.15) is 0 Å². The van der Waals surface area contributed by atoms with Crippen LogP contribution in [0, 0.1) is 17.3 Å². The molecule has 2 N–H and O–H groups in total. The zero-order valence-corrected chi connectivity index (χ0v) is 23.1. The molecule has 0 radical (unpaired) electrons. The number of aromatic nitrogens is 1. The van der Waals surface area contributed by atoms with Crippen LogP contribution in [0.2, 0.25) is 0 Å². The zero-order chi connectivity index (χ0) is 26.8. The fourth-order valence-corrected chi connectivity index (χ4v) is 5.70. The summed E-state index contributed by atoms with van der Waals surface area (Å²) in [6.45, 7) is 14.6. The number of hydrogen-bond acceptors (Lipinski definition) is 8. The molecule has 1 aromatic rings. The van der Waals surface area contributed by atoms with Crippen LogP contribution in [0.3, 0.4) is 0 Å². The molecular weight excluding hydrogens is 478 g/mol. The molecule has 7 atom stereocenters. The number of thiazole rings is 1. The Kier molecular flexibility index (Phi) is 8.97. The first-order chi connectivity index (χ1) is 16.8. The smallest absolute Gasteiger partial charge is 0.309 e. The van der Waals surface area contributed by atoms with Crippen LogP contribution < -0.4 is 0 Å². The lowest BCUT2D eigenvalue weighted by Gasteiger charge is -2.34. The second-order valence-electron chi connectivity index (χ2n) is 11.3. The highest BCUT2D eigenvalue weighted by atomic mass is 32.1. The number of cyclic esters (lactones) is 1. The Morgan fingerprint density at radius 2 is 1.94 bits per heavy atom. The van der Waals surface area contributed by atoms with Crippen LogP contribution in [-0.4, -0.2) is 57.0 Å². The number of Topliss-reactive ketones (excluding diaryl/α,β-unsaturated/α-hetero) is 1. The van der Waals surface area contributed by atoms with E-state index in [1.807, 2.05) is 25.3 Å². The maximum atomic E-state index is 13.2. The molecule has 2 aliphatic heterocycles. The van der Waals surface area contributed by atoms with Crippen LogP contribution in [0.1, 0.15) is 84.3 Å². The van der Waals surface area contributed by atoms with Gasteiger partial charge in [0, 0.05) is 17.7 Å². The molecule has 0 spiro atoms. The Balaban J connectivity index is 1.86. The van der Waals surface area contributed by atoms with Gasteiger partial charge in [-0.05, 0) is 50.3 Å². The molecule has 7 nitrogen and oxygen atoms in total. The minimum absolute atomic E-state index is 0.0622. The summed E-state index contributed by atoms with van der Waals surface area (Å²) in [5.74, 6) is -1.58. The Morgan fingerprint density at radius 1 is 1.25 bits per heavy atom. The minimum atomic E-state index is -1.24. The molecule has 0 saturated carbocycles. The van der Waals surface area contributed by atoms with E-state index in [2.05, 4.69) is 18.5 Å². The lowest BCUT2D eigenvalue weighted by atomic mass is 9.73. The maximum absolute atomic E-state index is 13.2. The van der Waals surface area contributed by atoms with Crippen LogP contribution in [0.15, 0.2) is 17.5 Å². The van der Waals surface area contributed by atoms with Crippen LogP contribution >= 0.6 is 11.3 Å². The average molecular weight is 520 g/mol. The molecular formula is C28H41NO6S. The quantitative estimate of drug-likeness (QED) is 0.436. The Morgan fingerprint density at radius 3 is 2.58 bits per heavy atom. The molecule has 0 aromatic carbocycles. The summed E-state index contributed by atoms with van der Waals surface area (Å²) in [6, 6.07) is 0. The third-order valence-electron chi connectivity index (χ3n) is 8.00. The Labute approximate surface area is 218 Å². The van der Waals surface area contributed by atoms with E-state index >= 15 is 0 Å². The topological polar surface area (TPSA) is 109 Å². The molecule has 1 aromatic heterocycles. The van der Waals surface area contributed by atoms with Gasteiger partial charge < -0.3 is 19.7 Å². The van der Waals surface area contributed by atoms with E-state index in [9.17, 15) is 19.8 Å². The van der Waals surface area contributed by atoms with Gasteiger partial charge in [-0.25, -0.2) is 4.98 Å². The average Bonchev–Trinajstić information content (AvgIpc) is 3.23. The molecule has 2 fully saturated rings. The molecule has 3 rings (SSSR count). The first-order valence-corrected chi connectivity index (χ1v) is 13.7. The van der Waals surface area contributed by atoms with Crippen molar-refractivity contribution in [3.63, 3.8) is 0 Å². The van der Waals surface area contributed by atoms with Gasteiger partial charge >= 0.3 is 5.97 Å². The van der Waals surface area contributed by atoms with Crippen molar-refractivity contribution in [1.29, 1.82) is 0 Å². The molecule has 0 bridgehead atoms. The predicted octanol–water partition coefficient (Wildman–Crippen LogP) is 4.81. The number of epoxide rings is 1. The van der Waals surface area contributed by atoms with Gasteiger partial charge in [-0.3, -0.25) is 9.59 Å². The number of rotatable bonds is 3. The van der Waals surface area contributed by atoms with Crippen molar-refractivity contribution < 1.29 is 29.3 Å². The van der Waals surface area contributed by atoms with Crippen molar-refractivity contribution >= 4 is 35.2 Å². The summed E-state index contributed by atoms with van der Waals surface area (Å²) in [4.78, 5) is 30.7. The zero-order valence-electron chi connectivity index (χ0n) is 22.3. The maximum Gasteiger partial charge on any atom is 0.309 e. The number of nitrogens with zero attached hydrogens (tertiary/aromatic N) is 1. The van der Waals surface area contributed by atoms with E-state index in [0.29, 0.717) is 6.42 Å². The number of aliphatic hydroxyl groups excluding tert-OH is 2. The monoisotopic (exact) mass is 519 g/mol. The molecule has 0 amide bonds. The normalized spacial score (nSPS) is 36.6. The number of carbonyl (C=O) groups is 2. The highest BCUT2D eigenvalue weighted by molar-refractivity contribution is 7.10. The Bertz CT molecular complexity index is 1000. The van der Waals surface area contributed by atoms with Crippen LogP contribution in [0.5, 0.6) is 0 Å². The van der Waals surface area contributed by atoms with Gasteiger partial charge in [-0.15, -0.1) is 11.3 Å². The lowest BCUT2D eigenvalue weighted by molar-refractivity contribution is -0.154. The second-order valence-corrected chi connectivity index (χ2v) is 12.2. The van der Waals surface area contributed by atoms with E-state index in [1.54, 1.807) is 26.8 Å². The summed E-state index contributed by atoms with van der Waals surface area (Å²) in [5.41, 5.74) is 0.0738. The largest absolute Gasteiger partial charge is 0.458 e. The van der Waals surface area contributed by atoms with Crippen LogP contribution in [0.4, 0.5) is 0 Å². The van der Waals surface area contributed by atoms with Gasteiger partial charge in [0.15, 0.2) is 0 Å². The van der Waals surface area contributed by atoms with Gasteiger partial charge in [0.2, 0.25) is 0 Å². The fraction of sp³-hybridized carbons (Fsp3) is 0.679. The van der Waals surface area contributed by atoms with Gasteiger partial charge in [0.05, 0.1) is 41.4 Å². The summed E-state index contributed by atoms with van der Waals surface area (Å²) in [5, 5.41) is 24.5. The number of aliphatic hydroxyl groups is 2. The van der Waals surface area contributed by atoms with E-state index in [4.69, 9.17) is 9.47 Å². The predicted molar refractivity (Wildman–Crippen MR) is 141 cm³/mol. The first-order valence-electron chi connectivity index (χ1n) is 12.8. The van der Waals surface area contributed by atoms with E-state index in [1.165, 1.54) is 11.3 Å². The van der Waals surface area contributed by atoms with Crippen LogP contribution in [0.25, 0.3) is 12.2 Å². The van der Waals surface area contributed by atoms with Crippen molar-refractivity contribution in [3.8, 4) is 0 Å². The summed E-state index contributed by atoms with van der Waals surface area (Å²) in [6.07, 6.45) is 3.53. The first kappa shape index (κ1) is 28.7. The third kappa shape index (κ3) is 6.52. The van der Waals surface area contributed by atoms with Crippen molar-refractivity contribution in [1.82, 2.24) is 4.98 Å². The number of ketones is 1. The molecule has 36 heavy (non-hydrogen) atoms. The van der Waals surface area contributed by atoms with Gasteiger partial charge in [0.1, 0.15) is 16.9 Å². The molecule has 200 valence electrons. The molecule has 3 heterocycles. The standard InChI is InChI=1S/C28H41NO6S/c1-8-23-29-19(15-36-23)12-17(3)20-13-22-28(7,35-22)11-9-10-16(2)25(32)18(4)26(33)27(5,6)21(30)14-24(31)34-20/h8,12,15-16,18,20-22,25,30,32H,1,9-11,13-14H2,2-7H3/b17-12+/t16-,18+,20-,21?,22-,25-,28+/m0/s1. The van der Waals surface area contributed by atoms with E-state index in [-0.39, 0.29) is 29.8 Å². The Hall–Kier alpha value is -1.87. The number of hydrogen-bond donors (Lipinski definition) is 2. The van der Waals surface area contributed by atoms with Crippen LogP contribution in [-0.2, 0) is 19.1 Å². The molecule has 2 aliphatic rings. The van der Waals surface area contributed by atoms with Gasteiger partial charge in [0.25, 0.3) is 0 Å². The summed E-state index contributed by atoms with van der Waals surface area (Å²) >= 11 is 1.49. The molecule has 0 aliphatic carbocycles. The van der Waals surface area contributed by atoms with Crippen molar-refractivity contribution in [3.05, 3.63) is 28.2 Å². The summed E-state index contributed by atoms with van der Waals surface area (Å²) in [7, 11) is 0. The summed E-state index contributed by atoms with van der Waals surface area (Å²) < 4.78 is 11.9. The number of esters is 1. The SMILES string of the molecule is C=Cc1nc(/C=C(\C)[C@@H]2C[C@@H]3O[C@]3(C)CCC[C@H](C)[C@H](O)[C@@H](C)C(=O)C(C)(C)C(O)CC(=O)O2)cs1.